The zero-order valence-electron chi connectivity index (χ0n) is 14.3. The number of nitriles is 1. The Morgan fingerprint density at radius 3 is 2.48 bits per heavy atom. The number of phenolic OH excluding ortho intramolecular Hbond substituents is 1. The largest absolute Gasteiger partial charge is 0.507 e. The maximum absolute atomic E-state index is 9.98. The summed E-state index contributed by atoms with van der Waals surface area (Å²) in [5.74, 6) is 1.48. The van der Waals surface area contributed by atoms with Crippen LogP contribution in [0, 0.1) is 18.3 Å². The van der Waals surface area contributed by atoms with Crippen molar-refractivity contribution in [3.05, 3.63) is 71.7 Å². The number of phenols is 1. The summed E-state index contributed by atoms with van der Waals surface area (Å²) in [4.78, 5) is 4.29. The van der Waals surface area contributed by atoms with Gasteiger partial charge in [-0.2, -0.15) is 5.26 Å². The first kappa shape index (κ1) is 16.5. The third-order valence-corrected chi connectivity index (χ3v) is 4.02. The normalized spacial score (nSPS) is 11.1. The lowest BCUT2D eigenvalue weighted by molar-refractivity contribution is 0.474. The maximum atomic E-state index is 9.98. The Hall–Kier alpha value is -3.98. The van der Waals surface area contributed by atoms with E-state index in [-0.39, 0.29) is 17.2 Å². The fourth-order valence-corrected chi connectivity index (χ4v) is 2.76. The fraction of sp³-hybridized carbons (Fsp3) is 0.0476. The number of hydrogen-bond acceptors (Lipinski definition) is 6. The van der Waals surface area contributed by atoms with Crippen molar-refractivity contribution in [1.29, 1.82) is 5.26 Å². The molecule has 132 valence electrons. The molecule has 4 aromatic rings. The second kappa shape index (κ2) is 6.73. The summed E-state index contributed by atoms with van der Waals surface area (Å²) in [6.45, 7) is 1.91. The monoisotopic (exact) mass is 358 g/mol. The lowest BCUT2D eigenvalue weighted by Crippen LogP contribution is -1.84. The molecular weight excluding hydrogens is 344 g/mol. The summed E-state index contributed by atoms with van der Waals surface area (Å²) < 4.78 is 16.7. The highest BCUT2D eigenvalue weighted by atomic mass is 16.4. The van der Waals surface area contributed by atoms with Crippen molar-refractivity contribution in [2.75, 3.05) is 0 Å². The molecule has 4 rings (SSSR count). The molecule has 1 aromatic carbocycles. The van der Waals surface area contributed by atoms with Crippen LogP contribution in [0.5, 0.6) is 5.75 Å². The molecule has 3 heterocycles. The molecule has 0 unspecified atom stereocenters. The number of hydrogen-bond donors (Lipinski definition) is 1. The third kappa shape index (κ3) is 3.02. The number of benzene rings is 1. The quantitative estimate of drug-likeness (QED) is 0.490. The zero-order chi connectivity index (χ0) is 18.8. The summed E-state index contributed by atoms with van der Waals surface area (Å²) in [6.07, 6.45) is 4.49. The SMILES string of the molecule is Cc1ccc(O)c(/C=N/c2oc(-c3ccco3)c(-c3ccco3)c2C#N)c1. The van der Waals surface area contributed by atoms with Gasteiger partial charge in [0.05, 0.1) is 18.1 Å². The van der Waals surface area contributed by atoms with Crippen molar-refractivity contribution < 1.29 is 18.4 Å². The van der Waals surface area contributed by atoms with Crippen LogP contribution in [0.1, 0.15) is 16.7 Å². The minimum absolute atomic E-state index is 0.0897. The lowest BCUT2D eigenvalue weighted by Gasteiger charge is -1.99. The maximum Gasteiger partial charge on any atom is 0.238 e. The van der Waals surface area contributed by atoms with Gasteiger partial charge in [-0.15, -0.1) is 0 Å². The first-order chi connectivity index (χ1) is 13.2. The number of nitrogens with zero attached hydrogens (tertiary/aromatic N) is 2. The van der Waals surface area contributed by atoms with Crippen LogP contribution < -0.4 is 0 Å². The first-order valence-electron chi connectivity index (χ1n) is 8.15. The predicted octanol–water partition coefficient (Wildman–Crippen LogP) is 5.44. The van der Waals surface area contributed by atoms with Crippen LogP contribution in [0.4, 0.5) is 5.88 Å². The van der Waals surface area contributed by atoms with Gasteiger partial charge in [0.15, 0.2) is 11.5 Å². The van der Waals surface area contributed by atoms with Gasteiger partial charge in [0.2, 0.25) is 5.88 Å². The van der Waals surface area contributed by atoms with Crippen molar-refractivity contribution in [2.24, 2.45) is 4.99 Å². The molecule has 0 saturated carbocycles. The second-order valence-electron chi connectivity index (χ2n) is 5.87. The minimum atomic E-state index is 0.0897. The smallest absolute Gasteiger partial charge is 0.238 e. The van der Waals surface area contributed by atoms with Crippen molar-refractivity contribution in [2.45, 2.75) is 6.92 Å². The Kier molecular flexibility index (Phi) is 4.11. The van der Waals surface area contributed by atoms with Crippen LogP contribution in [0.25, 0.3) is 22.8 Å². The number of aryl methyl sites for hydroxylation is 1. The van der Waals surface area contributed by atoms with Gasteiger partial charge in [-0.3, -0.25) is 0 Å². The van der Waals surface area contributed by atoms with E-state index < -0.39 is 0 Å². The highest BCUT2D eigenvalue weighted by Gasteiger charge is 2.26. The Labute approximate surface area is 154 Å². The summed E-state index contributed by atoms with van der Waals surface area (Å²) in [6, 6.07) is 14.2. The van der Waals surface area contributed by atoms with Gasteiger partial charge >= 0.3 is 0 Å². The van der Waals surface area contributed by atoms with E-state index in [1.165, 1.54) is 18.7 Å². The molecule has 6 nitrogen and oxygen atoms in total. The molecule has 0 amide bonds. The highest BCUT2D eigenvalue weighted by Crippen LogP contribution is 2.42. The van der Waals surface area contributed by atoms with E-state index in [2.05, 4.69) is 11.1 Å². The molecule has 0 aliphatic rings. The minimum Gasteiger partial charge on any atom is -0.507 e. The van der Waals surface area contributed by atoms with E-state index in [0.717, 1.165) is 5.56 Å². The first-order valence-corrected chi connectivity index (χ1v) is 8.15. The van der Waals surface area contributed by atoms with Crippen molar-refractivity contribution in [1.82, 2.24) is 0 Å². The molecule has 0 spiro atoms. The van der Waals surface area contributed by atoms with Crippen molar-refractivity contribution >= 4 is 12.1 Å². The molecule has 0 aliphatic heterocycles. The van der Waals surface area contributed by atoms with Gasteiger partial charge < -0.3 is 18.4 Å². The van der Waals surface area contributed by atoms with E-state index in [0.29, 0.717) is 28.4 Å². The number of aromatic hydroxyl groups is 1. The molecule has 6 heteroatoms. The molecule has 0 atom stereocenters. The predicted molar refractivity (Wildman–Crippen MR) is 98.9 cm³/mol. The summed E-state index contributed by atoms with van der Waals surface area (Å²) in [7, 11) is 0. The van der Waals surface area contributed by atoms with Crippen molar-refractivity contribution in [3.63, 3.8) is 0 Å². The molecule has 0 fully saturated rings. The molecule has 27 heavy (non-hydrogen) atoms. The lowest BCUT2D eigenvalue weighted by atomic mass is 10.1. The Bertz CT molecular complexity index is 1140. The van der Waals surface area contributed by atoms with Gasteiger partial charge in [-0.05, 0) is 43.3 Å². The van der Waals surface area contributed by atoms with Gasteiger partial charge in [-0.25, -0.2) is 4.99 Å². The number of furan rings is 3. The second-order valence-corrected chi connectivity index (χ2v) is 5.87. The average Bonchev–Trinajstić information content (AvgIpc) is 3.41. The molecule has 0 aliphatic carbocycles. The van der Waals surface area contributed by atoms with E-state index in [9.17, 15) is 10.4 Å². The van der Waals surface area contributed by atoms with Crippen LogP contribution in [0.15, 0.2) is 73.2 Å². The van der Waals surface area contributed by atoms with Crippen LogP contribution in [-0.2, 0) is 0 Å². The summed E-state index contributed by atoms with van der Waals surface area (Å²) >= 11 is 0. The van der Waals surface area contributed by atoms with Crippen LogP contribution in [0.2, 0.25) is 0 Å². The van der Waals surface area contributed by atoms with Crippen molar-refractivity contribution in [3.8, 4) is 34.7 Å². The Morgan fingerprint density at radius 2 is 1.81 bits per heavy atom. The zero-order valence-corrected chi connectivity index (χ0v) is 14.3. The average molecular weight is 358 g/mol. The number of aliphatic imine (C=N–C) groups is 1. The van der Waals surface area contributed by atoms with E-state index in [1.807, 2.05) is 6.92 Å². The standard InChI is InChI=1S/C21H14N2O4/c1-13-6-7-16(24)14(10-13)12-23-21-15(11-22)19(17-4-2-8-25-17)20(27-21)18-5-3-9-26-18/h2-10,12,24H,1H3/b23-12+. The Balaban J connectivity index is 1.87. The summed E-state index contributed by atoms with van der Waals surface area (Å²) in [5.41, 5.74) is 2.19. The van der Waals surface area contributed by atoms with Gasteiger partial charge in [0, 0.05) is 11.8 Å². The molecule has 0 saturated heterocycles. The van der Waals surface area contributed by atoms with Gasteiger partial charge in [0.25, 0.3) is 0 Å². The molecular formula is C21H14N2O4. The molecule has 1 N–H and O–H groups in total. The van der Waals surface area contributed by atoms with Gasteiger partial charge in [-0.1, -0.05) is 11.6 Å². The van der Waals surface area contributed by atoms with Crippen LogP contribution >= 0.6 is 0 Å². The Morgan fingerprint density at radius 1 is 1.07 bits per heavy atom. The fourth-order valence-electron chi connectivity index (χ4n) is 2.76. The number of rotatable bonds is 4. The van der Waals surface area contributed by atoms with E-state index in [1.54, 1.807) is 42.5 Å². The molecule has 3 aromatic heterocycles. The highest BCUT2D eigenvalue weighted by molar-refractivity contribution is 5.89. The summed E-state index contributed by atoms with van der Waals surface area (Å²) in [5, 5.41) is 19.7. The van der Waals surface area contributed by atoms with E-state index in [4.69, 9.17) is 13.3 Å². The van der Waals surface area contributed by atoms with E-state index >= 15 is 0 Å². The molecule has 0 radical (unpaired) electrons. The van der Waals surface area contributed by atoms with Crippen LogP contribution in [-0.4, -0.2) is 11.3 Å². The topological polar surface area (TPSA) is 95.8 Å². The van der Waals surface area contributed by atoms with Crippen LogP contribution in [0.3, 0.4) is 0 Å². The van der Waals surface area contributed by atoms with Gasteiger partial charge in [0.1, 0.15) is 23.1 Å². The third-order valence-electron chi connectivity index (χ3n) is 4.02. The molecule has 0 bridgehead atoms.